The molecule has 0 spiro atoms. The van der Waals surface area contributed by atoms with Crippen molar-refractivity contribution in [3.05, 3.63) is 97.3 Å². The van der Waals surface area contributed by atoms with E-state index in [-0.39, 0.29) is 70.3 Å². The van der Waals surface area contributed by atoms with Crippen molar-refractivity contribution in [2.24, 2.45) is 0 Å². The molecule has 0 aliphatic carbocycles. The predicted molar refractivity (Wildman–Crippen MR) is 109 cm³/mol. The van der Waals surface area contributed by atoms with Gasteiger partial charge in [0.2, 0.25) is 0 Å². The van der Waals surface area contributed by atoms with E-state index in [0.29, 0.717) is 0 Å². The molecule has 0 aliphatic rings. The Bertz CT molecular complexity index is 1130. The minimum atomic E-state index is 0. The number of hydrogen-bond acceptors (Lipinski definition) is 2. The van der Waals surface area contributed by atoms with Crippen LogP contribution in [-0.4, -0.2) is 9.97 Å². The second-order valence-electron chi connectivity index (χ2n) is 6.31. The second-order valence-corrected chi connectivity index (χ2v) is 6.31. The molecule has 2 aromatic heterocycles. The Labute approximate surface area is 218 Å². The van der Waals surface area contributed by atoms with E-state index in [4.69, 9.17) is 0 Å². The number of hydrogen-bond donors (Lipinski definition) is 0. The van der Waals surface area contributed by atoms with E-state index in [1.807, 2.05) is 24.5 Å². The number of nitrogens with zero attached hydrogens (tertiary/aromatic N) is 2. The summed E-state index contributed by atoms with van der Waals surface area (Å²) in [5, 5.41) is 2.26. The summed E-state index contributed by atoms with van der Waals surface area (Å²) in [5.41, 5.74) is 6.65. The Hall–Kier alpha value is -1.47. The van der Waals surface area contributed by atoms with E-state index in [9.17, 15) is 0 Å². The molecule has 0 atom stereocenters. The summed E-state index contributed by atoms with van der Waals surface area (Å²) in [6.45, 7) is 0. The van der Waals surface area contributed by atoms with Gasteiger partial charge in [-0.3, -0.25) is 9.97 Å². The first kappa shape index (κ1) is 18.9. The molecule has 0 unspecified atom stereocenters. The van der Waals surface area contributed by atoms with E-state index in [2.05, 4.69) is 82.8 Å². The van der Waals surface area contributed by atoms with E-state index in [0.717, 1.165) is 21.8 Å². The summed E-state index contributed by atoms with van der Waals surface area (Å²) >= 11 is 0. The first-order valence-corrected chi connectivity index (χ1v) is 8.69. The first-order valence-electron chi connectivity index (χ1n) is 8.69. The molecular formula is C24H17CsN2. The predicted octanol–water partition coefficient (Wildman–Crippen LogP) is 3.23. The molecular weight excluding hydrogens is 449 g/mol. The Balaban J connectivity index is 0.00000112. The van der Waals surface area contributed by atoms with Crippen molar-refractivity contribution in [1.82, 2.24) is 9.97 Å². The van der Waals surface area contributed by atoms with Crippen LogP contribution in [0.4, 0.5) is 0 Å². The van der Waals surface area contributed by atoms with Gasteiger partial charge in [0, 0.05) is 23.2 Å². The average molecular weight is 466 g/mol. The monoisotopic (exact) mass is 466 g/mol. The number of benzene rings is 3. The maximum Gasteiger partial charge on any atom is 1.00 e. The molecule has 27 heavy (non-hydrogen) atoms. The van der Waals surface area contributed by atoms with Crippen LogP contribution in [0, 0.1) is 0 Å². The van der Waals surface area contributed by atoms with Gasteiger partial charge in [-0.25, -0.2) is 0 Å². The Morgan fingerprint density at radius 1 is 0.481 bits per heavy atom. The summed E-state index contributed by atoms with van der Waals surface area (Å²) in [5.74, 6) is 0. The first-order chi connectivity index (χ1) is 12.9. The quantitative estimate of drug-likeness (QED) is 0.374. The molecule has 5 aromatic rings. The van der Waals surface area contributed by atoms with Gasteiger partial charge >= 0.3 is 68.9 Å². The molecule has 0 fully saturated rings. The van der Waals surface area contributed by atoms with Crippen molar-refractivity contribution in [3.63, 3.8) is 0 Å². The molecule has 3 heteroatoms. The van der Waals surface area contributed by atoms with E-state index in [1.54, 1.807) is 0 Å². The molecule has 0 aliphatic heterocycles. The fourth-order valence-electron chi connectivity index (χ4n) is 3.57. The molecule has 2 heterocycles. The smallest absolute Gasteiger partial charge is 1.00 e. The SMILES string of the molecule is [Cs+].[H-].c1ccc(-c2ccnc3c2ccc2c(-c4ccccc4)ccnc23)cc1. The van der Waals surface area contributed by atoms with Gasteiger partial charge in [0.05, 0.1) is 11.0 Å². The minimum Gasteiger partial charge on any atom is -1.00 e. The summed E-state index contributed by atoms with van der Waals surface area (Å²) in [6, 6.07) is 29.3. The van der Waals surface area contributed by atoms with Crippen LogP contribution in [0.1, 0.15) is 1.43 Å². The van der Waals surface area contributed by atoms with Gasteiger partial charge < -0.3 is 1.43 Å². The fourth-order valence-corrected chi connectivity index (χ4v) is 3.57. The van der Waals surface area contributed by atoms with Crippen LogP contribution < -0.4 is 68.9 Å². The third-order valence-electron chi connectivity index (χ3n) is 4.79. The molecule has 0 bridgehead atoms. The van der Waals surface area contributed by atoms with Crippen LogP contribution in [0.3, 0.4) is 0 Å². The third kappa shape index (κ3) is 3.51. The molecule has 0 radical (unpaired) electrons. The Morgan fingerprint density at radius 2 is 0.889 bits per heavy atom. The molecule has 124 valence electrons. The summed E-state index contributed by atoms with van der Waals surface area (Å²) in [4.78, 5) is 9.34. The van der Waals surface area contributed by atoms with Crippen LogP contribution in [0.25, 0.3) is 44.1 Å². The summed E-state index contributed by atoms with van der Waals surface area (Å²) in [7, 11) is 0. The fraction of sp³-hybridized carbons (Fsp3) is 0. The molecule has 0 amide bonds. The maximum absolute atomic E-state index is 4.67. The van der Waals surface area contributed by atoms with Crippen molar-refractivity contribution in [2.45, 2.75) is 0 Å². The van der Waals surface area contributed by atoms with Gasteiger partial charge in [-0.1, -0.05) is 72.8 Å². The molecule has 5 rings (SSSR count). The number of rotatable bonds is 2. The summed E-state index contributed by atoms with van der Waals surface area (Å²) in [6.07, 6.45) is 3.75. The minimum absolute atomic E-state index is 0. The van der Waals surface area contributed by atoms with Gasteiger partial charge in [-0.05, 0) is 34.4 Å². The molecule has 0 saturated heterocycles. The molecule has 2 nitrogen and oxygen atoms in total. The largest absolute Gasteiger partial charge is 1.00 e. The van der Waals surface area contributed by atoms with Crippen molar-refractivity contribution in [1.29, 1.82) is 0 Å². The van der Waals surface area contributed by atoms with Crippen LogP contribution in [-0.2, 0) is 0 Å². The van der Waals surface area contributed by atoms with Gasteiger partial charge in [-0.2, -0.15) is 0 Å². The van der Waals surface area contributed by atoms with Gasteiger partial charge in [0.1, 0.15) is 0 Å². The Morgan fingerprint density at radius 3 is 1.30 bits per heavy atom. The van der Waals surface area contributed by atoms with Gasteiger partial charge in [-0.15, -0.1) is 0 Å². The third-order valence-corrected chi connectivity index (χ3v) is 4.79. The second kappa shape index (κ2) is 8.27. The maximum atomic E-state index is 4.67. The van der Waals surface area contributed by atoms with Gasteiger partial charge in [0.25, 0.3) is 0 Å². The van der Waals surface area contributed by atoms with Crippen molar-refractivity contribution in [3.8, 4) is 22.3 Å². The van der Waals surface area contributed by atoms with Crippen LogP contribution in [0.15, 0.2) is 97.3 Å². The molecule has 0 saturated carbocycles. The van der Waals surface area contributed by atoms with Gasteiger partial charge in [0.15, 0.2) is 0 Å². The van der Waals surface area contributed by atoms with E-state index < -0.39 is 0 Å². The Kier molecular flexibility index (Phi) is 5.78. The molecule has 0 N–H and O–H groups in total. The van der Waals surface area contributed by atoms with E-state index >= 15 is 0 Å². The normalized spacial score (nSPS) is 10.7. The van der Waals surface area contributed by atoms with Crippen molar-refractivity contribution >= 4 is 21.8 Å². The van der Waals surface area contributed by atoms with Crippen LogP contribution in [0.5, 0.6) is 0 Å². The number of aromatic nitrogens is 2. The van der Waals surface area contributed by atoms with Crippen molar-refractivity contribution < 1.29 is 70.3 Å². The number of fused-ring (bicyclic) bond motifs is 3. The zero-order chi connectivity index (χ0) is 17.3. The number of pyridine rings is 2. The van der Waals surface area contributed by atoms with E-state index in [1.165, 1.54) is 22.3 Å². The standard InChI is InChI=1S/C24H16N2.Cs.H/c1-3-7-17(8-4-1)19-13-15-25-23-21(19)11-12-22-20(14-16-26-24(22)23)18-9-5-2-6-10-18;;/h1-16H;;/q;+1;-1. The van der Waals surface area contributed by atoms with Crippen molar-refractivity contribution in [2.75, 3.05) is 0 Å². The zero-order valence-corrected chi connectivity index (χ0v) is 21.4. The topological polar surface area (TPSA) is 25.8 Å². The summed E-state index contributed by atoms with van der Waals surface area (Å²) < 4.78 is 0. The van der Waals surface area contributed by atoms with Crippen LogP contribution in [0.2, 0.25) is 0 Å². The average Bonchev–Trinajstić information content (AvgIpc) is 2.74. The zero-order valence-electron chi connectivity index (χ0n) is 16.1. The molecule has 3 aromatic carbocycles. The van der Waals surface area contributed by atoms with Crippen LogP contribution >= 0.6 is 0 Å².